The first-order valence-corrected chi connectivity index (χ1v) is 7.01. The van der Waals surface area contributed by atoms with Gasteiger partial charge >= 0.3 is 0 Å². The molecule has 18 heavy (non-hydrogen) atoms. The minimum atomic E-state index is 0.285. The van der Waals surface area contributed by atoms with Gasteiger partial charge in [0.05, 0.1) is 0 Å². The normalized spacial score (nSPS) is 12.8. The van der Waals surface area contributed by atoms with Crippen LogP contribution in [-0.2, 0) is 0 Å². The molecule has 1 aromatic carbocycles. The van der Waals surface area contributed by atoms with Crippen molar-refractivity contribution in [3.05, 3.63) is 28.8 Å². The van der Waals surface area contributed by atoms with E-state index in [1.807, 2.05) is 7.05 Å². The number of anilines is 1. The summed E-state index contributed by atoms with van der Waals surface area (Å²) in [4.78, 5) is 2.26. The van der Waals surface area contributed by atoms with Crippen molar-refractivity contribution >= 4 is 17.3 Å². The van der Waals surface area contributed by atoms with Gasteiger partial charge in [-0.25, -0.2) is 0 Å². The number of nitrogens with one attached hydrogen (secondary N) is 1. The summed E-state index contributed by atoms with van der Waals surface area (Å²) in [6.07, 6.45) is 1.20. The van der Waals surface area contributed by atoms with Crippen molar-refractivity contribution in [2.75, 3.05) is 25.5 Å². The molecule has 3 heteroatoms. The molecule has 1 N–H and O–H groups in total. The average Bonchev–Trinajstić information content (AvgIpc) is 2.34. The van der Waals surface area contributed by atoms with E-state index in [2.05, 4.69) is 56.2 Å². The molecule has 1 aromatic rings. The molecule has 0 fully saturated rings. The van der Waals surface area contributed by atoms with E-state index in [1.54, 1.807) is 0 Å². The van der Waals surface area contributed by atoms with Gasteiger partial charge in [-0.3, -0.25) is 0 Å². The molecule has 0 saturated heterocycles. The molecular formula is C15H25ClN2. The number of nitrogens with zero attached hydrogens (tertiary/aromatic N) is 1. The minimum Gasteiger partial charge on any atom is -0.375 e. The number of benzene rings is 1. The van der Waals surface area contributed by atoms with Crippen LogP contribution < -0.4 is 10.2 Å². The predicted molar refractivity (Wildman–Crippen MR) is 81.7 cm³/mol. The van der Waals surface area contributed by atoms with Gasteiger partial charge in [0.1, 0.15) is 0 Å². The Morgan fingerprint density at radius 3 is 2.44 bits per heavy atom. The molecule has 0 heterocycles. The first-order valence-electron chi connectivity index (χ1n) is 6.63. The largest absolute Gasteiger partial charge is 0.375 e. The highest BCUT2D eigenvalue weighted by atomic mass is 35.5. The van der Waals surface area contributed by atoms with Crippen molar-refractivity contribution in [2.45, 2.75) is 33.2 Å². The molecule has 0 aliphatic carbocycles. The molecule has 0 amide bonds. The van der Waals surface area contributed by atoms with Crippen molar-refractivity contribution in [3.8, 4) is 0 Å². The van der Waals surface area contributed by atoms with E-state index in [-0.39, 0.29) is 6.04 Å². The zero-order chi connectivity index (χ0) is 13.7. The summed E-state index contributed by atoms with van der Waals surface area (Å²) in [5, 5.41) is 4.05. The highest BCUT2D eigenvalue weighted by Gasteiger charge is 2.10. The molecular weight excluding hydrogens is 244 g/mol. The number of hydrogen-bond acceptors (Lipinski definition) is 2. The zero-order valence-corrected chi connectivity index (χ0v) is 12.9. The van der Waals surface area contributed by atoms with Gasteiger partial charge in [0.25, 0.3) is 0 Å². The lowest BCUT2D eigenvalue weighted by Gasteiger charge is -2.22. The lowest BCUT2D eigenvalue weighted by Crippen LogP contribution is -2.20. The fraction of sp³-hybridized carbons (Fsp3) is 0.600. The Morgan fingerprint density at radius 1 is 1.28 bits per heavy atom. The summed E-state index contributed by atoms with van der Waals surface area (Å²) in [5.41, 5.74) is 2.34. The van der Waals surface area contributed by atoms with Crippen molar-refractivity contribution in [3.63, 3.8) is 0 Å². The molecule has 0 aromatic heterocycles. The van der Waals surface area contributed by atoms with Crippen molar-refractivity contribution < 1.29 is 0 Å². The standard InChI is InChI=1S/C15H25ClN2/c1-11(2)8-9-18(5)13-6-7-14(12(3)17-4)15(16)10-13/h6-7,10-12,17H,8-9H2,1-5H3. The summed E-state index contributed by atoms with van der Waals surface area (Å²) < 4.78 is 0. The van der Waals surface area contributed by atoms with E-state index in [9.17, 15) is 0 Å². The monoisotopic (exact) mass is 268 g/mol. The smallest absolute Gasteiger partial charge is 0.0474 e. The highest BCUT2D eigenvalue weighted by molar-refractivity contribution is 6.31. The molecule has 0 bridgehead atoms. The topological polar surface area (TPSA) is 15.3 Å². The summed E-state index contributed by atoms with van der Waals surface area (Å²) in [6.45, 7) is 7.68. The van der Waals surface area contributed by atoms with Gasteiger partial charge in [-0.2, -0.15) is 0 Å². The first-order chi connectivity index (χ1) is 8.45. The Hall–Kier alpha value is -0.730. The van der Waals surface area contributed by atoms with E-state index in [4.69, 9.17) is 11.6 Å². The van der Waals surface area contributed by atoms with Crippen LogP contribution in [0.4, 0.5) is 5.69 Å². The molecule has 0 aliphatic rings. The van der Waals surface area contributed by atoms with Crippen molar-refractivity contribution in [2.24, 2.45) is 5.92 Å². The second-order valence-corrected chi connectivity index (χ2v) is 5.73. The summed E-state index contributed by atoms with van der Waals surface area (Å²) in [5.74, 6) is 0.728. The van der Waals surface area contributed by atoms with E-state index < -0.39 is 0 Å². The van der Waals surface area contributed by atoms with Gasteiger partial charge in [-0.1, -0.05) is 31.5 Å². The fourth-order valence-electron chi connectivity index (χ4n) is 1.84. The third-order valence-electron chi connectivity index (χ3n) is 3.37. The van der Waals surface area contributed by atoms with Gasteiger partial charge in [0.2, 0.25) is 0 Å². The van der Waals surface area contributed by atoms with Crippen LogP contribution in [0.2, 0.25) is 5.02 Å². The minimum absolute atomic E-state index is 0.285. The van der Waals surface area contributed by atoms with Crippen LogP contribution in [0.1, 0.15) is 38.8 Å². The molecule has 2 nitrogen and oxygen atoms in total. The van der Waals surface area contributed by atoms with Crippen LogP contribution in [0.25, 0.3) is 0 Å². The number of rotatable bonds is 6. The molecule has 0 saturated carbocycles. The lowest BCUT2D eigenvalue weighted by molar-refractivity contribution is 0.585. The van der Waals surface area contributed by atoms with E-state index >= 15 is 0 Å². The van der Waals surface area contributed by atoms with E-state index in [0.29, 0.717) is 0 Å². The van der Waals surface area contributed by atoms with Crippen LogP contribution in [-0.4, -0.2) is 20.6 Å². The molecule has 0 aliphatic heterocycles. The van der Waals surface area contributed by atoms with Crippen LogP contribution in [0.15, 0.2) is 18.2 Å². The Labute approximate surface area is 116 Å². The summed E-state index contributed by atoms with van der Waals surface area (Å²) >= 11 is 6.34. The Morgan fingerprint density at radius 2 is 1.94 bits per heavy atom. The SMILES string of the molecule is CNC(C)c1ccc(N(C)CCC(C)C)cc1Cl. The third-order valence-corrected chi connectivity index (χ3v) is 3.69. The molecule has 1 rings (SSSR count). The van der Waals surface area contributed by atoms with Crippen molar-refractivity contribution in [1.82, 2.24) is 5.32 Å². The molecule has 0 spiro atoms. The maximum absolute atomic E-state index is 6.34. The second kappa shape index (κ2) is 7.01. The first kappa shape index (κ1) is 15.3. The number of halogens is 1. The molecule has 1 unspecified atom stereocenters. The van der Waals surface area contributed by atoms with Gasteiger partial charge < -0.3 is 10.2 Å². The van der Waals surface area contributed by atoms with Gasteiger partial charge in [0.15, 0.2) is 0 Å². The quantitative estimate of drug-likeness (QED) is 0.836. The maximum Gasteiger partial charge on any atom is 0.0474 e. The summed E-state index contributed by atoms with van der Waals surface area (Å²) in [7, 11) is 4.07. The fourth-order valence-corrected chi connectivity index (χ4v) is 2.18. The molecule has 102 valence electrons. The average molecular weight is 269 g/mol. The predicted octanol–water partition coefficient (Wildman–Crippen LogP) is 4.10. The van der Waals surface area contributed by atoms with Crippen LogP contribution in [0.3, 0.4) is 0 Å². The van der Waals surface area contributed by atoms with Gasteiger partial charge in [0, 0.05) is 30.3 Å². The van der Waals surface area contributed by atoms with Crippen LogP contribution >= 0.6 is 11.6 Å². The van der Waals surface area contributed by atoms with Gasteiger partial charge in [-0.15, -0.1) is 0 Å². The van der Waals surface area contributed by atoms with Crippen molar-refractivity contribution in [1.29, 1.82) is 0 Å². The molecule has 1 atom stereocenters. The van der Waals surface area contributed by atoms with E-state index in [0.717, 1.165) is 23.0 Å². The Kier molecular flexibility index (Phi) is 5.97. The van der Waals surface area contributed by atoms with Crippen LogP contribution in [0, 0.1) is 5.92 Å². The second-order valence-electron chi connectivity index (χ2n) is 5.32. The van der Waals surface area contributed by atoms with E-state index in [1.165, 1.54) is 12.1 Å². The third kappa shape index (κ3) is 4.18. The molecule has 0 radical (unpaired) electrons. The Bertz CT molecular complexity index is 377. The highest BCUT2D eigenvalue weighted by Crippen LogP contribution is 2.27. The zero-order valence-electron chi connectivity index (χ0n) is 12.1. The number of hydrogen-bond donors (Lipinski definition) is 1. The van der Waals surface area contributed by atoms with Crippen LogP contribution in [0.5, 0.6) is 0 Å². The lowest BCUT2D eigenvalue weighted by atomic mass is 10.1. The summed E-state index contributed by atoms with van der Waals surface area (Å²) in [6, 6.07) is 6.61. The maximum atomic E-state index is 6.34. The Balaban J connectivity index is 2.77. The van der Waals surface area contributed by atoms with Gasteiger partial charge in [-0.05, 0) is 44.0 Å².